The van der Waals surface area contributed by atoms with E-state index in [-0.39, 0.29) is 6.54 Å². The quantitative estimate of drug-likeness (QED) is 0.790. The van der Waals surface area contributed by atoms with Crippen LogP contribution >= 0.6 is 11.3 Å². The van der Waals surface area contributed by atoms with E-state index in [1.54, 1.807) is 31.2 Å². The Morgan fingerprint density at radius 2 is 2.00 bits per heavy atom. The number of aromatic nitrogens is 2. The maximum atomic E-state index is 12.9. The van der Waals surface area contributed by atoms with Gasteiger partial charge in [-0.15, -0.1) is 10.2 Å². The van der Waals surface area contributed by atoms with E-state index in [0.29, 0.717) is 22.1 Å². The zero-order valence-corrected chi connectivity index (χ0v) is 14.6. The van der Waals surface area contributed by atoms with Gasteiger partial charge in [0.1, 0.15) is 17.1 Å². The summed E-state index contributed by atoms with van der Waals surface area (Å²) in [5.41, 5.74) is -0.448. The standard InChI is InChI=1S/C16H17N5O3S/c1-3-16(11-7-5-4-6-8-11)13(23)21(15(24)18-16)9-12(22)17-14-20-19-10(2)25-14/h4-8H,3,9H2,1-2H3,(H,18,24)(H,17,20,22). The summed E-state index contributed by atoms with van der Waals surface area (Å²) in [6, 6.07) is 8.44. The molecule has 3 rings (SSSR count). The Morgan fingerprint density at radius 1 is 1.28 bits per heavy atom. The van der Waals surface area contributed by atoms with E-state index in [0.717, 1.165) is 4.90 Å². The molecule has 1 saturated heterocycles. The number of urea groups is 1. The number of amides is 4. The molecule has 1 fully saturated rings. The number of hydrogen-bond donors (Lipinski definition) is 2. The molecule has 1 aliphatic heterocycles. The van der Waals surface area contributed by atoms with Crippen LogP contribution in [0.1, 0.15) is 23.9 Å². The minimum Gasteiger partial charge on any atom is -0.319 e. The zero-order chi connectivity index (χ0) is 18.0. The third-order valence-electron chi connectivity index (χ3n) is 4.05. The second kappa shape index (κ2) is 6.60. The van der Waals surface area contributed by atoms with Gasteiger partial charge in [-0.3, -0.25) is 19.8 Å². The van der Waals surface area contributed by atoms with Gasteiger partial charge in [0.15, 0.2) is 0 Å². The smallest absolute Gasteiger partial charge is 0.319 e. The van der Waals surface area contributed by atoms with Crippen molar-refractivity contribution in [3.05, 3.63) is 40.9 Å². The molecule has 2 aromatic rings. The zero-order valence-electron chi connectivity index (χ0n) is 13.8. The summed E-state index contributed by atoms with van der Waals surface area (Å²) in [5.74, 6) is -0.936. The fraction of sp³-hybridized carbons (Fsp3) is 0.312. The first-order valence-electron chi connectivity index (χ1n) is 7.76. The number of anilines is 1. The lowest BCUT2D eigenvalue weighted by atomic mass is 9.87. The highest BCUT2D eigenvalue weighted by molar-refractivity contribution is 7.15. The second-order valence-electron chi connectivity index (χ2n) is 5.62. The van der Waals surface area contributed by atoms with Gasteiger partial charge < -0.3 is 5.32 Å². The van der Waals surface area contributed by atoms with Crippen LogP contribution in [0.3, 0.4) is 0 Å². The molecule has 4 amide bonds. The normalized spacial score (nSPS) is 19.8. The van der Waals surface area contributed by atoms with E-state index in [1.165, 1.54) is 11.3 Å². The minimum atomic E-state index is -1.14. The summed E-state index contributed by atoms with van der Waals surface area (Å²) in [5, 5.41) is 13.9. The fourth-order valence-corrected chi connectivity index (χ4v) is 3.39. The number of carbonyl (C=O) groups excluding carboxylic acids is 3. The predicted molar refractivity (Wildman–Crippen MR) is 91.9 cm³/mol. The van der Waals surface area contributed by atoms with Crippen LogP contribution < -0.4 is 10.6 Å². The van der Waals surface area contributed by atoms with Gasteiger partial charge in [-0.25, -0.2) is 4.79 Å². The highest BCUT2D eigenvalue weighted by Crippen LogP contribution is 2.32. The van der Waals surface area contributed by atoms with Gasteiger partial charge in [0.05, 0.1) is 0 Å². The Hall–Kier alpha value is -2.81. The summed E-state index contributed by atoms with van der Waals surface area (Å²) in [6.07, 6.45) is 0.384. The number of aryl methyl sites for hydroxylation is 1. The van der Waals surface area contributed by atoms with Crippen molar-refractivity contribution in [3.63, 3.8) is 0 Å². The number of benzene rings is 1. The van der Waals surface area contributed by atoms with E-state index in [1.807, 2.05) is 13.0 Å². The summed E-state index contributed by atoms with van der Waals surface area (Å²) in [7, 11) is 0. The maximum absolute atomic E-state index is 12.9. The van der Waals surface area contributed by atoms with Gasteiger partial charge >= 0.3 is 6.03 Å². The van der Waals surface area contributed by atoms with Gasteiger partial charge in [0, 0.05) is 0 Å². The molecule has 1 unspecified atom stereocenters. The van der Waals surface area contributed by atoms with Crippen LogP contribution in [0.4, 0.5) is 9.93 Å². The van der Waals surface area contributed by atoms with Crippen molar-refractivity contribution in [1.29, 1.82) is 0 Å². The predicted octanol–water partition coefficient (Wildman–Crippen LogP) is 1.64. The highest BCUT2D eigenvalue weighted by atomic mass is 32.1. The Labute approximate surface area is 148 Å². The fourth-order valence-electron chi connectivity index (χ4n) is 2.78. The van der Waals surface area contributed by atoms with Crippen LogP contribution in [0.2, 0.25) is 0 Å². The van der Waals surface area contributed by atoms with Crippen molar-refractivity contribution < 1.29 is 14.4 Å². The van der Waals surface area contributed by atoms with Gasteiger partial charge in [-0.2, -0.15) is 0 Å². The number of rotatable bonds is 5. The van der Waals surface area contributed by atoms with Crippen molar-refractivity contribution >= 4 is 34.3 Å². The van der Waals surface area contributed by atoms with Crippen LogP contribution in [-0.4, -0.2) is 39.5 Å². The molecular formula is C16H17N5O3S. The first kappa shape index (κ1) is 17.0. The molecule has 25 heavy (non-hydrogen) atoms. The molecule has 9 heteroatoms. The SMILES string of the molecule is CCC1(c2ccccc2)NC(=O)N(CC(=O)Nc2nnc(C)s2)C1=O. The Bertz CT molecular complexity index is 822. The van der Waals surface area contributed by atoms with Gasteiger partial charge in [-0.1, -0.05) is 48.6 Å². The molecule has 0 aliphatic carbocycles. The number of carbonyl (C=O) groups is 3. The van der Waals surface area contributed by atoms with Crippen molar-refractivity contribution in [1.82, 2.24) is 20.4 Å². The van der Waals surface area contributed by atoms with Crippen LogP contribution in [0, 0.1) is 6.92 Å². The molecule has 130 valence electrons. The molecule has 0 spiro atoms. The molecule has 8 nitrogen and oxygen atoms in total. The van der Waals surface area contributed by atoms with Crippen molar-refractivity contribution in [2.45, 2.75) is 25.8 Å². The van der Waals surface area contributed by atoms with Crippen molar-refractivity contribution in [2.24, 2.45) is 0 Å². The second-order valence-corrected chi connectivity index (χ2v) is 6.80. The van der Waals surface area contributed by atoms with E-state index in [4.69, 9.17) is 0 Å². The van der Waals surface area contributed by atoms with Gasteiger partial charge in [0.25, 0.3) is 5.91 Å². The monoisotopic (exact) mass is 359 g/mol. The van der Waals surface area contributed by atoms with Crippen LogP contribution in [0.15, 0.2) is 30.3 Å². The summed E-state index contributed by atoms with van der Waals surface area (Å²) >= 11 is 1.22. The molecular weight excluding hydrogens is 342 g/mol. The van der Waals surface area contributed by atoms with E-state index >= 15 is 0 Å². The van der Waals surface area contributed by atoms with E-state index in [9.17, 15) is 14.4 Å². The maximum Gasteiger partial charge on any atom is 0.325 e. The van der Waals surface area contributed by atoms with Gasteiger partial charge in [0.2, 0.25) is 11.0 Å². The molecule has 1 aromatic carbocycles. The van der Waals surface area contributed by atoms with Crippen molar-refractivity contribution in [2.75, 3.05) is 11.9 Å². The summed E-state index contributed by atoms with van der Waals surface area (Å²) < 4.78 is 0. The highest BCUT2D eigenvalue weighted by Gasteiger charge is 2.51. The molecule has 2 N–H and O–H groups in total. The molecule has 1 aliphatic rings. The average molecular weight is 359 g/mol. The lowest BCUT2D eigenvalue weighted by molar-refractivity contribution is -0.134. The molecule has 1 atom stereocenters. The molecule has 2 heterocycles. The molecule has 0 saturated carbocycles. The summed E-state index contributed by atoms with van der Waals surface area (Å²) in [4.78, 5) is 38.3. The first-order valence-corrected chi connectivity index (χ1v) is 8.57. The number of imide groups is 1. The van der Waals surface area contributed by atoms with E-state index < -0.39 is 23.4 Å². The van der Waals surface area contributed by atoms with Crippen molar-refractivity contribution in [3.8, 4) is 0 Å². The average Bonchev–Trinajstić information content (AvgIpc) is 3.11. The third kappa shape index (κ3) is 3.10. The third-order valence-corrected chi connectivity index (χ3v) is 4.80. The first-order chi connectivity index (χ1) is 12.0. The lowest BCUT2D eigenvalue weighted by Crippen LogP contribution is -2.44. The number of nitrogens with one attached hydrogen (secondary N) is 2. The molecule has 0 radical (unpaired) electrons. The largest absolute Gasteiger partial charge is 0.325 e. The van der Waals surface area contributed by atoms with Gasteiger partial charge in [-0.05, 0) is 18.9 Å². The Morgan fingerprint density at radius 3 is 2.60 bits per heavy atom. The number of hydrogen-bond acceptors (Lipinski definition) is 6. The van der Waals surface area contributed by atoms with Crippen LogP contribution in [0.5, 0.6) is 0 Å². The van der Waals surface area contributed by atoms with Crippen LogP contribution in [-0.2, 0) is 15.1 Å². The van der Waals surface area contributed by atoms with Crippen LogP contribution in [0.25, 0.3) is 0 Å². The lowest BCUT2D eigenvalue weighted by Gasteiger charge is -2.25. The topological polar surface area (TPSA) is 104 Å². The molecule has 1 aromatic heterocycles. The Kier molecular flexibility index (Phi) is 4.49. The minimum absolute atomic E-state index is 0.333. The number of nitrogens with zero attached hydrogens (tertiary/aromatic N) is 3. The summed E-state index contributed by atoms with van der Waals surface area (Å²) in [6.45, 7) is 3.21. The molecule has 0 bridgehead atoms. The Balaban J connectivity index is 1.78. The van der Waals surface area contributed by atoms with E-state index in [2.05, 4.69) is 20.8 Å².